The van der Waals surface area contributed by atoms with E-state index in [0.717, 1.165) is 72.5 Å². The molecular formula is C31H31ClF3N3O2. The van der Waals surface area contributed by atoms with Crippen molar-refractivity contribution in [2.75, 3.05) is 26.2 Å². The van der Waals surface area contributed by atoms with E-state index in [0.29, 0.717) is 22.7 Å². The molecule has 1 saturated heterocycles. The van der Waals surface area contributed by atoms with Crippen LogP contribution >= 0.6 is 11.6 Å². The lowest BCUT2D eigenvalue weighted by Gasteiger charge is -2.42. The standard InChI is InChI=1S/C31H29ClF3N3O.H2O/c32-26-10-11-28-24(16-26)17-27-29(37-14-12-36(13-15-37)20-21-4-2-1-3-5-21)18-23(19-30(27)38(28)39)22-6-8-25(9-7-22)31(33,34)35;/h1-11,16-17,23,29H,12-15,18-20H2;1H2. The first kappa shape index (κ1) is 28.4. The van der Waals surface area contributed by atoms with Crippen molar-refractivity contribution in [2.24, 2.45) is 0 Å². The van der Waals surface area contributed by atoms with E-state index in [1.165, 1.54) is 5.56 Å². The molecule has 9 heteroatoms. The van der Waals surface area contributed by atoms with Crippen LogP contribution < -0.4 is 4.73 Å². The molecule has 1 aliphatic heterocycles. The second kappa shape index (κ2) is 11.4. The van der Waals surface area contributed by atoms with Crippen LogP contribution in [-0.4, -0.2) is 41.5 Å². The number of pyridine rings is 1. The summed E-state index contributed by atoms with van der Waals surface area (Å²) in [5, 5.41) is 15.0. The molecule has 1 fully saturated rings. The van der Waals surface area contributed by atoms with E-state index in [1.807, 2.05) is 12.1 Å². The summed E-state index contributed by atoms with van der Waals surface area (Å²) in [6.07, 6.45) is -3.16. The molecule has 2 aliphatic rings. The van der Waals surface area contributed by atoms with Gasteiger partial charge in [-0.3, -0.25) is 9.80 Å². The van der Waals surface area contributed by atoms with E-state index >= 15 is 0 Å². The van der Waals surface area contributed by atoms with E-state index in [1.54, 1.807) is 24.3 Å². The largest absolute Gasteiger partial charge is 0.618 e. The molecule has 0 bridgehead atoms. The van der Waals surface area contributed by atoms with Crippen molar-refractivity contribution in [1.82, 2.24) is 9.80 Å². The van der Waals surface area contributed by atoms with Gasteiger partial charge in [0.05, 0.1) is 5.56 Å². The van der Waals surface area contributed by atoms with Crippen LogP contribution in [0.3, 0.4) is 0 Å². The Bertz CT molecular complexity index is 1470. The van der Waals surface area contributed by atoms with Gasteiger partial charge in [0.15, 0.2) is 5.69 Å². The molecule has 3 aromatic carbocycles. The number of benzene rings is 3. The van der Waals surface area contributed by atoms with Crippen LogP contribution in [0.25, 0.3) is 10.9 Å². The van der Waals surface area contributed by atoms with Gasteiger partial charge in [-0.25, -0.2) is 0 Å². The number of aromatic nitrogens is 1. The van der Waals surface area contributed by atoms with E-state index < -0.39 is 11.7 Å². The fraction of sp³-hybridized carbons (Fsp3) is 0.323. The predicted molar refractivity (Wildman–Crippen MR) is 150 cm³/mol. The fourth-order valence-corrected chi connectivity index (χ4v) is 6.34. The number of alkyl halides is 3. The highest BCUT2D eigenvalue weighted by molar-refractivity contribution is 6.31. The summed E-state index contributed by atoms with van der Waals surface area (Å²) in [7, 11) is 0. The highest BCUT2D eigenvalue weighted by atomic mass is 35.5. The third kappa shape index (κ3) is 5.67. The number of piperazine rings is 1. The fourth-order valence-electron chi connectivity index (χ4n) is 6.16. The van der Waals surface area contributed by atoms with Crippen LogP contribution in [-0.2, 0) is 19.1 Å². The smallest absolute Gasteiger partial charge is 0.416 e. The van der Waals surface area contributed by atoms with Crippen molar-refractivity contribution in [3.63, 3.8) is 0 Å². The Morgan fingerprint density at radius 3 is 2.27 bits per heavy atom. The molecule has 210 valence electrons. The SMILES string of the molecule is O.[O-][n+]1c2c(cc3cc(Cl)ccc31)C(N1CCN(Cc3ccccc3)CC1)CC(c1ccc(C(F)(F)F)cc1)C2. The molecule has 2 unspecified atom stereocenters. The maximum atomic E-state index is 13.6. The van der Waals surface area contributed by atoms with Gasteiger partial charge in [0.2, 0.25) is 5.52 Å². The zero-order valence-electron chi connectivity index (χ0n) is 21.9. The second-order valence-electron chi connectivity index (χ2n) is 10.6. The minimum absolute atomic E-state index is 0. The molecule has 0 radical (unpaired) electrons. The maximum absolute atomic E-state index is 13.6. The van der Waals surface area contributed by atoms with Crippen molar-refractivity contribution >= 4 is 22.5 Å². The van der Waals surface area contributed by atoms with Gasteiger partial charge in [0.1, 0.15) is 0 Å². The summed E-state index contributed by atoms with van der Waals surface area (Å²) < 4.78 is 40.6. The Morgan fingerprint density at radius 1 is 0.900 bits per heavy atom. The third-order valence-corrected chi connectivity index (χ3v) is 8.45. The first-order valence-corrected chi connectivity index (χ1v) is 13.7. The van der Waals surface area contributed by atoms with Crippen LogP contribution in [0.4, 0.5) is 13.2 Å². The molecule has 5 nitrogen and oxygen atoms in total. The quantitative estimate of drug-likeness (QED) is 0.227. The lowest BCUT2D eigenvalue weighted by molar-refractivity contribution is -0.587. The van der Waals surface area contributed by atoms with Crippen molar-refractivity contribution in [2.45, 2.75) is 37.5 Å². The van der Waals surface area contributed by atoms with Crippen LogP contribution in [0.2, 0.25) is 5.02 Å². The number of hydrogen-bond donors (Lipinski definition) is 0. The normalized spacial score (nSPS) is 20.2. The average Bonchev–Trinajstić information content (AvgIpc) is 2.93. The van der Waals surface area contributed by atoms with E-state index in [9.17, 15) is 18.4 Å². The van der Waals surface area contributed by atoms with Crippen molar-refractivity contribution in [3.05, 3.63) is 117 Å². The molecule has 2 heterocycles. The Hall–Kier alpha value is -3.17. The maximum Gasteiger partial charge on any atom is 0.416 e. The lowest BCUT2D eigenvalue weighted by atomic mass is 9.78. The molecule has 6 rings (SSSR count). The molecule has 0 spiro atoms. The molecule has 2 atom stereocenters. The zero-order valence-corrected chi connectivity index (χ0v) is 22.6. The molecule has 0 saturated carbocycles. The zero-order chi connectivity index (χ0) is 27.1. The molecule has 1 aromatic heterocycles. The van der Waals surface area contributed by atoms with E-state index in [4.69, 9.17) is 11.6 Å². The summed E-state index contributed by atoms with van der Waals surface area (Å²) in [5.41, 5.74) is 3.70. The summed E-state index contributed by atoms with van der Waals surface area (Å²) in [5.74, 6) is -0.0583. The first-order chi connectivity index (χ1) is 18.8. The summed E-state index contributed by atoms with van der Waals surface area (Å²) >= 11 is 6.26. The highest BCUT2D eigenvalue weighted by Gasteiger charge is 2.38. The Balaban J connectivity index is 0.00000323. The second-order valence-corrected chi connectivity index (χ2v) is 11.1. The van der Waals surface area contributed by atoms with E-state index in [2.05, 4.69) is 40.1 Å². The van der Waals surface area contributed by atoms with Crippen LogP contribution in [0, 0.1) is 5.21 Å². The summed E-state index contributed by atoms with van der Waals surface area (Å²) in [6, 6.07) is 23.2. The Labute approximate surface area is 236 Å². The lowest BCUT2D eigenvalue weighted by Crippen LogP contribution is -2.49. The predicted octanol–water partition coefficient (Wildman–Crippen LogP) is 5.91. The summed E-state index contributed by atoms with van der Waals surface area (Å²) in [4.78, 5) is 4.88. The van der Waals surface area contributed by atoms with Gasteiger partial charge in [0.25, 0.3) is 0 Å². The van der Waals surface area contributed by atoms with Crippen molar-refractivity contribution in [3.8, 4) is 0 Å². The van der Waals surface area contributed by atoms with Gasteiger partial charge in [-0.05, 0) is 53.8 Å². The van der Waals surface area contributed by atoms with Gasteiger partial charge in [-0.2, -0.15) is 17.9 Å². The van der Waals surface area contributed by atoms with Crippen molar-refractivity contribution in [1.29, 1.82) is 0 Å². The van der Waals surface area contributed by atoms with Gasteiger partial charge in [-0.15, -0.1) is 0 Å². The van der Waals surface area contributed by atoms with Crippen LogP contribution in [0.1, 0.15) is 46.3 Å². The van der Waals surface area contributed by atoms with Gasteiger partial charge in [0, 0.05) is 67.2 Å². The van der Waals surface area contributed by atoms with Gasteiger partial charge in [-0.1, -0.05) is 54.1 Å². The van der Waals surface area contributed by atoms with Crippen LogP contribution in [0.5, 0.6) is 0 Å². The molecule has 0 amide bonds. The number of nitrogens with zero attached hydrogens (tertiary/aromatic N) is 3. The first-order valence-electron chi connectivity index (χ1n) is 13.3. The topological polar surface area (TPSA) is 64.9 Å². The number of halogens is 4. The summed E-state index contributed by atoms with van der Waals surface area (Å²) in [6.45, 7) is 4.41. The number of rotatable bonds is 4. The Morgan fingerprint density at radius 2 is 1.60 bits per heavy atom. The van der Waals surface area contributed by atoms with Gasteiger partial charge < -0.3 is 10.7 Å². The van der Waals surface area contributed by atoms with E-state index in [-0.39, 0.29) is 17.4 Å². The number of hydrogen-bond acceptors (Lipinski definition) is 3. The van der Waals surface area contributed by atoms with Gasteiger partial charge >= 0.3 is 6.18 Å². The number of fused-ring (bicyclic) bond motifs is 2. The average molecular weight is 570 g/mol. The molecule has 1 aliphatic carbocycles. The molecular weight excluding hydrogens is 539 g/mol. The molecule has 4 aromatic rings. The Kier molecular flexibility index (Phi) is 8.06. The third-order valence-electron chi connectivity index (χ3n) is 8.21. The monoisotopic (exact) mass is 569 g/mol. The minimum atomic E-state index is -4.38. The minimum Gasteiger partial charge on any atom is -0.618 e. The molecule has 2 N–H and O–H groups in total. The van der Waals surface area contributed by atoms with Crippen LogP contribution in [0.15, 0.2) is 78.9 Å². The highest BCUT2D eigenvalue weighted by Crippen LogP contribution is 2.42. The molecule has 40 heavy (non-hydrogen) atoms. The van der Waals surface area contributed by atoms with Crippen molar-refractivity contribution < 1.29 is 23.4 Å².